The Morgan fingerprint density at radius 2 is 2.14 bits per heavy atom. The Bertz CT molecular complexity index is 527. The minimum atomic E-state index is -0.486. The zero-order valence-corrected chi connectivity index (χ0v) is 13.5. The number of phenols is 1. The summed E-state index contributed by atoms with van der Waals surface area (Å²) < 4.78 is 10.4. The van der Waals surface area contributed by atoms with Gasteiger partial charge in [-0.15, -0.1) is 11.8 Å². The number of phenolic OH excluding ortho intramolecular Hbond substituents is 1. The summed E-state index contributed by atoms with van der Waals surface area (Å²) in [7, 11) is 1.51. The molecule has 2 rings (SSSR count). The van der Waals surface area contributed by atoms with Gasteiger partial charge in [0, 0.05) is 5.75 Å². The lowest BCUT2D eigenvalue weighted by molar-refractivity contribution is -0.156. The molecule has 1 unspecified atom stereocenters. The SMILES string of the molecule is COc1ccc(C2N[C@H](C(=O)OC(C)(C)C)CS2)cc1O. The molecule has 116 valence electrons. The van der Waals surface area contributed by atoms with E-state index in [1.165, 1.54) is 7.11 Å². The van der Waals surface area contributed by atoms with E-state index < -0.39 is 5.60 Å². The quantitative estimate of drug-likeness (QED) is 0.836. The van der Waals surface area contributed by atoms with Crippen LogP contribution in [0.2, 0.25) is 0 Å². The molecule has 1 fully saturated rings. The van der Waals surface area contributed by atoms with Gasteiger partial charge in [-0.05, 0) is 38.5 Å². The number of rotatable bonds is 3. The zero-order valence-electron chi connectivity index (χ0n) is 12.7. The van der Waals surface area contributed by atoms with Crippen molar-refractivity contribution in [2.45, 2.75) is 37.8 Å². The molecule has 1 saturated heterocycles. The molecule has 6 heteroatoms. The van der Waals surface area contributed by atoms with E-state index in [0.29, 0.717) is 11.5 Å². The van der Waals surface area contributed by atoms with Crippen molar-refractivity contribution in [1.82, 2.24) is 5.32 Å². The van der Waals surface area contributed by atoms with Crippen molar-refractivity contribution in [2.24, 2.45) is 0 Å². The molecule has 21 heavy (non-hydrogen) atoms. The van der Waals surface area contributed by atoms with E-state index in [1.54, 1.807) is 23.9 Å². The maximum atomic E-state index is 12.0. The third-order valence-electron chi connectivity index (χ3n) is 2.98. The highest BCUT2D eigenvalue weighted by atomic mass is 32.2. The van der Waals surface area contributed by atoms with E-state index in [-0.39, 0.29) is 23.1 Å². The van der Waals surface area contributed by atoms with Gasteiger partial charge in [-0.1, -0.05) is 6.07 Å². The molecule has 1 aromatic carbocycles. The highest BCUT2D eigenvalue weighted by Gasteiger charge is 2.33. The highest BCUT2D eigenvalue weighted by molar-refractivity contribution is 7.99. The summed E-state index contributed by atoms with van der Waals surface area (Å²) in [4.78, 5) is 12.0. The Kier molecular flexibility index (Phi) is 4.68. The van der Waals surface area contributed by atoms with Crippen LogP contribution in [0.5, 0.6) is 11.5 Å². The maximum Gasteiger partial charge on any atom is 0.324 e. The van der Waals surface area contributed by atoms with Crippen molar-refractivity contribution in [1.29, 1.82) is 0 Å². The Balaban J connectivity index is 2.02. The first kappa shape index (κ1) is 16.0. The molecule has 1 aliphatic rings. The number of nitrogens with one attached hydrogen (secondary N) is 1. The lowest BCUT2D eigenvalue weighted by atomic mass is 10.1. The molecule has 2 N–H and O–H groups in total. The minimum Gasteiger partial charge on any atom is -0.504 e. The summed E-state index contributed by atoms with van der Waals surface area (Å²) in [6, 6.07) is 4.92. The molecule has 1 heterocycles. The van der Waals surface area contributed by atoms with Crippen molar-refractivity contribution in [3.63, 3.8) is 0 Å². The second-order valence-electron chi connectivity index (χ2n) is 5.90. The fourth-order valence-corrected chi connectivity index (χ4v) is 3.26. The monoisotopic (exact) mass is 311 g/mol. The predicted octanol–water partition coefficient (Wildman–Crippen LogP) is 2.45. The highest BCUT2D eigenvalue weighted by Crippen LogP contribution is 2.37. The topological polar surface area (TPSA) is 67.8 Å². The van der Waals surface area contributed by atoms with Crippen LogP contribution in [0, 0.1) is 0 Å². The lowest BCUT2D eigenvalue weighted by Gasteiger charge is -2.22. The molecule has 2 atom stereocenters. The summed E-state index contributed by atoms with van der Waals surface area (Å²) in [6.07, 6.45) is 0. The molecule has 1 aliphatic heterocycles. The normalized spacial score (nSPS) is 22.1. The van der Waals surface area contributed by atoms with E-state index >= 15 is 0 Å². The number of aromatic hydroxyl groups is 1. The zero-order chi connectivity index (χ0) is 15.6. The van der Waals surface area contributed by atoms with Gasteiger partial charge in [-0.3, -0.25) is 10.1 Å². The van der Waals surface area contributed by atoms with E-state index in [0.717, 1.165) is 5.56 Å². The van der Waals surface area contributed by atoms with Crippen molar-refractivity contribution < 1.29 is 19.4 Å². The van der Waals surface area contributed by atoms with Gasteiger partial charge in [0.25, 0.3) is 0 Å². The second-order valence-corrected chi connectivity index (χ2v) is 7.04. The van der Waals surface area contributed by atoms with E-state index in [1.807, 2.05) is 26.8 Å². The number of hydrogen-bond acceptors (Lipinski definition) is 6. The van der Waals surface area contributed by atoms with Crippen LogP contribution in [0.3, 0.4) is 0 Å². The average Bonchev–Trinajstić information content (AvgIpc) is 2.86. The molecule has 5 nitrogen and oxygen atoms in total. The summed E-state index contributed by atoms with van der Waals surface area (Å²) in [5.41, 5.74) is 0.421. The van der Waals surface area contributed by atoms with Gasteiger partial charge in [0.2, 0.25) is 0 Å². The van der Waals surface area contributed by atoms with E-state index in [9.17, 15) is 9.90 Å². The number of hydrogen-bond donors (Lipinski definition) is 2. The Morgan fingerprint density at radius 3 is 2.71 bits per heavy atom. The third kappa shape index (κ3) is 4.04. The number of ether oxygens (including phenoxy) is 2. The summed E-state index contributed by atoms with van der Waals surface area (Å²) in [6.45, 7) is 5.56. The van der Waals surface area contributed by atoms with Crippen LogP contribution < -0.4 is 10.1 Å². The molecule has 0 saturated carbocycles. The molecule has 0 bridgehead atoms. The Morgan fingerprint density at radius 1 is 1.43 bits per heavy atom. The summed E-state index contributed by atoms with van der Waals surface area (Å²) in [5, 5.41) is 13.0. The van der Waals surface area contributed by atoms with Gasteiger partial charge in [-0.2, -0.15) is 0 Å². The predicted molar refractivity (Wildman–Crippen MR) is 82.6 cm³/mol. The van der Waals surface area contributed by atoms with Gasteiger partial charge in [-0.25, -0.2) is 0 Å². The number of benzene rings is 1. The molecule has 0 amide bonds. The fraction of sp³-hybridized carbons (Fsp3) is 0.533. The lowest BCUT2D eigenvalue weighted by Crippen LogP contribution is -2.39. The van der Waals surface area contributed by atoms with Crippen molar-refractivity contribution in [2.75, 3.05) is 12.9 Å². The number of methoxy groups -OCH3 is 1. The van der Waals surface area contributed by atoms with Gasteiger partial charge in [0.1, 0.15) is 11.6 Å². The number of carbonyl (C=O) groups is 1. The molecular weight excluding hydrogens is 290 g/mol. The van der Waals surface area contributed by atoms with Crippen LogP contribution in [0.1, 0.15) is 31.7 Å². The van der Waals surface area contributed by atoms with Crippen molar-refractivity contribution in [3.05, 3.63) is 23.8 Å². The standard InChI is InChI=1S/C15H21NO4S/c1-15(2,3)20-14(18)10-8-21-13(16-10)9-5-6-12(19-4)11(17)7-9/h5-7,10,13,16-17H,8H2,1-4H3/t10-,13?/m0/s1. The second kappa shape index (κ2) is 6.15. The Hall–Kier alpha value is -1.40. The average molecular weight is 311 g/mol. The fourth-order valence-electron chi connectivity index (χ4n) is 2.04. The van der Waals surface area contributed by atoms with E-state index in [2.05, 4.69) is 5.32 Å². The van der Waals surface area contributed by atoms with E-state index in [4.69, 9.17) is 9.47 Å². The number of carbonyl (C=O) groups excluding carboxylic acids is 1. The van der Waals surface area contributed by atoms with Gasteiger partial charge >= 0.3 is 5.97 Å². The summed E-state index contributed by atoms with van der Waals surface area (Å²) >= 11 is 1.62. The molecule has 0 aromatic heterocycles. The van der Waals surface area contributed by atoms with Gasteiger partial charge in [0.15, 0.2) is 11.5 Å². The molecule has 1 aromatic rings. The van der Waals surface area contributed by atoms with Crippen LogP contribution in [0.4, 0.5) is 0 Å². The van der Waals surface area contributed by atoms with Gasteiger partial charge in [0.05, 0.1) is 12.5 Å². The van der Waals surface area contributed by atoms with Crippen LogP contribution in [-0.2, 0) is 9.53 Å². The minimum absolute atomic E-state index is 0.0423. The maximum absolute atomic E-state index is 12.0. The smallest absolute Gasteiger partial charge is 0.324 e. The number of esters is 1. The third-order valence-corrected chi connectivity index (χ3v) is 4.25. The van der Waals surface area contributed by atoms with Crippen molar-refractivity contribution in [3.8, 4) is 11.5 Å². The molecule has 0 aliphatic carbocycles. The van der Waals surface area contributed by atoms with Crippen LogP contribution >= 0.6 is 11.8 Å². The molecule has 0 spiro atoms. The first-order valence-corrected chi connectivity index (χ1v) is 7.82. The van der Waals surface area contributed by atoms with Crippen LogP contribution in [-0.4, -0.2) is 35.6 Å². The van der Waals surface area contributed by atoms with Crippen LogP contribution in [0.25, 0.3) is 0 Å². The first-order valence-electron chi connectivity index (χ1n) is 6.77. The Labute approximate surface area is 129 Å². The van der Waals surface area contributed by atoms with Gasteiger partial charge < -0.3 is 14.6 Å². The summed E-state index contributed by atoms with van der Waals surface area (Å²) in [5.74, 6) is 0.936. The first-order chi connectivity index (χ1) is 9.80. The molecular formula is C15H21NO4S. The van der Waals surface area contributed by atoms with Crippen molar-refractivity contribution >= 4 is 17.7 Å². The van der Waals surface area contributed by atoms with Crippen LogP contribution in [0.15, 0.2) is 18.2 Å². The molecule has 0 radical (unpaired) electrons. The number of thioether (sulfide) groups is 1. The largest absolute Gasteiger partial charge is 0.504 e.